The number of hydrogen-bond acceptors (Lipinski definition) is 5. The van der Waals surface area contributed by atoms with Crippen LogP contribution in [0.1, 0.15) is 25.8 Å². The molecule has 9 heteroatoms. The molecule has 0 amide bonds. The predicted octanol–water partition coefficient (Wildman–Crippen LogP) is 3.33. The molecule has 0 saturated carbocycles. The molecule has 7 nitrogen and oxygen atoms in total. The van der Waals surface area contributed by atoms with Crippen molar-refractivity contribution in [2.24, 2.45) is 4.99 Å². The number of aromatic nitrogens is 1. The van der Waals surface area contributed by atoms with Gasteiger partial charge in [0.05, 0.1) is 0 Å². The first kappa shape index (κ1) is 24.3. The number of aliphatic imine (C=N–C) groups is 1. The lowest BCUT2D eigenvalue weighted by atomic mass is 9.84. The summed E-state index contributed by atoms with van der Waals surface area (Å²) in [5.41, 5.74) is 1.02. The van der Waals surface area contributed by atoms with Crippen molar-refractivity contribution in [2.45, 2.75) is 31.7 Å². The van der Waals surface area contributed by atoms with E-state index in [-0.39, 0.29) is 41.3 Å². The Morgan fingerprint density at radius 3 is 2.78 bits per heavy atom. The minimum absolute atomic E-state index is 0. The average molecular weight is 555 g/mol. The molecule has 2 aliphatic heterocycles. The largest absolute Gasteiger partial charge is 0.486 e. The summed E-state index contributed by atoms with van der Waals surface area (Å²) < 4.78 is 25.4. The predicted molar refractivity (Wildman–Crippen MR) is 135 cm³/mol. The van der Waals surface area contributed by atoms with E-state index in [0.29, 0.717) is 32.1 Å². The average Bonchev–Trinajstić information content (AvgIpc) is 3.25. The molecule has 0 spiro atoms. The molecule has 1 aromatic heterocycles. The van der Waals surface area contributed by atoms with Crippen molar-refractivity contribution in [3.8, 4) is 11.5 Å². The van der Waals surface area contributed by atoms with Gasteiger partial charge in [0.2, 0.25) is 0 Å². The lowest BCUT2D eigenvalue weighted by Crippen LogP contribution is -2.48. The molecule has 1 aromatic carbocycles. The van der Waals surface area contributed by atoms with E-state index < -0.39 is 0 Å². The monoisotopic (exact) mass is 555 g/mol. The van der Waals surface area contributed by atoms with Crippen LogP contribution < -0.4 is 25.0 Å². The van der Waals surface area contributed by atoms with Crippen molar-refractivity contribution in [2.75, 3.05) is 44.8 Å². The van der Waals surface area contributed by atoms with E-state index in [4.69, 9.17) is 9.47 Å². The number of pyridine rings is 1. The zero-order chi connectivity index (χ0) is 21.8. The van der Waals surface area contributed by atoms with E-state index in [1.54, 1.807) is 19.3 Å². The number of benzene rings is 1. The number of guanidine groups is 1. The van der Waals surface area contributed by atoms with E-state index >= 15 is 0 Å². The van der Waals surface area contributed by atoms with Crippen molar-refractivity contribution in [3.63, 3.8) is 0 Å². The van der Waals surface area contributed by atoms with E-state index in [0.717, 1.165) is 36.0 Å². The fourth-order valence-electron chi connectivity index (χ4n) is 3.94. The molecule has 1 unspecified atom stereocenters. The molecule has 2 aromatic rings. The minimum atomic E-state index is -0.285. The number of anilines is 1. The van der Waals surface area contributed by atoms with Crippen LogP contribution in [0.15, 0.2) is 41.5 Å². The van der Waals surface area contributed by atoms with Crippen LogP contribution in [0.25, 0.3) is 0 Å². The number of rotatable bonds is 5. The van der Waals surface area contributed by atoms with E-state index in [2.05, 4.69) is 46.6 Å². The van der Waals surface area contributed by atoms with Crippen LogP contribution in [-0.2, 0) is 5.41 Å². The normalized spacial score (nSPS) is 18.2. The van der Waals surface area contributed by atoms with Gasteiger partial charge < -0.3 is 25.0 Å². The van der Waals surface area contributed by atoms with Gasteiger partial charge in [0.15, 0.2) is 29.1 Å². The van der Waals surface area contributed by atoms with Crippen LogP contribution in [0.3, 0.4) is 0 Å². The molecule has 1 saturated heterocycles. The zero-order valence-corrected chi connectivity index (χ0v) is 21.1. The van der Waals surface area contributed by atoms with Gasteiger partial charge in [-0.1, -0.05) is 19.9 Å². The summed E-state index contributed by atoms with van der Waals surface area (Å²) in [6.07, 6.45) is 2.52. The van der Waals surface area contributed by atoms with Crippen LogP contribution in [0.5, 0.6) is 11.5 Å². The van der Waals surface area contributed by atoms with Gasteiger partial charge in [-0.2, -0.15) is 0 Å². The number of ether oxygens (including phenoxy) is 2. The van der Waals surface area contributed by atoms with Gasteiger partial charge in [-0.25, -0.2) is 9.37 Å². The number of fused-ring (bicyclic) bond motifs is 1. The molecule has 1 atom stereocenters. The van der Waals surface area contributed by atoms with Gasteiger partial charge in [0, 0.05) is 44.3 Å². The molecular weight excluding hydrogens is 524 g/mol. The lowest BCUT2D eigenvalue weighted by molar-refractivity contribution is 0.171. The van der Waals surface area contributed by atoms with Crippen molar-refractivity contribution in [1.82, 2.24) is 15.6 Å². The highest BCUT2D eigenvalue weighted by molar-refractivity contribution is 14.0. The molecule has 2 aliphatic rings. The van der Waals surface area contributed by atoms with Crippen LogP contribution >= 0.6 is 24.0 Å². The maximum absolute atomic E-state index is 14.0. The second-order valence-electron chi connectivity index (χ2n) is 8.55. The van der Waals surface area contributed by atoms with Crippen molar-refractivity contribution >= 4 is 35.8 Å². The Kier molecular flexibility index (Phi) is 8.02. The van der Waals surface area contributed by atoms with Gasteiger partial charge in [-0.05, 0) is 36.2 Å². The number of nitrogens with zero attached hydrogens (tertiary/aromatic N) is 3. The molecule has 0 radical (unpaired) electrons. The molecule has 3 heterocycles. The lowest BCUT2D eigenvalue weighted by Gasteiger charge is -2.29. The maximum atomic E-state index is 14.0. The minimum Gasteiger partial charge on any atom is -0.486 e. The summed E-state index contributed by atoms with van der Waals surface area (Å²) in [5.74, 6) is 2.46. The third kappa shape index (κ3) is 5.54. The van der Waals surface area contributed by atoms with Crippen LogP contribution in [-0.4, -0.2) is 56.9 Å². The molecule has 174 valence electrons. The van der Waals surface area contributed by atoms with Crippen molar-refractivity contribution in [3.05, 3.63) is 47.9 Å². The number of hydrogen-bond donors (Lipinski definition) is 2. The van der Waals surface area contributed by atoms with E-state index in [1.807, 2.05) is 11.0 Å². The van der Waals surface area contributed by atoms with Gasteiger partial charge in [-0.3, -0.25) is 4.99 Å². The topological polar surface area (TPSA) is 71.0 Å². The first-order chi connectivity index (χ1) is 15.0. The quantitative estimate of drug-likeness (QED) is 0.335. The Morgan fingerprint density at radius 2 is 2.03 bits per heavy atom. The Balaban J connectivity index is 0.00000289. The first-order valence-electron chi connectivity index (χ1n) is 10.7. The highest BCUT2D eigenvalue weighted by atomic mass is 127. The standard InChI is InChI=1S/C23H30FN5O2.HI/c1-23(2,16-6-7-19-20(13-16)31-12-11-30-19)15-27-22(25-3)28-17-8-10-29(14-17)21-18(24)5-4-9-26-21;/h4-7,9,13,17H,8,10-12,14-15H2,1-3H3,(H2,25,27,28);1H. The molecule has 0 aliphatic carbocycles. The number of halogens is 2. The summed E-state index contributed by atoms with van der Waals surface area (Å²) in [6.45, 7) is 7.65. The second kappa shape index (κ2) is 10.5. The first-order valence-corrected chi connectivity index (χ1v) is 10.7. The van der Waals surface area contributed by atoms with Crippen LogP contribution in [0, 0.1) is 5.82 Å². The third-order valence-electron chi connectivity index (χ3n) is 5.81. The Hall–Kier alpha value is -2.30. The molecule has 1 fully saturated rings. The maximum Gasteiger partial charge on any atom is 0.191 e. The summed E-state index contributed by atoms with van der Waals surface area (Å²) in [7, 11) is 1.76. The molecule has 0 bridgehead atoms. The highest BCUT2D eigenvalue weighted by Crippen LogP contribution is 2.35. The summed E-state index contributed by atoms with van der Waals surface area (Å²) in [5, 5.41) is 6.90. The Labute approximate surface area is 205 Å². The van der Waals surface area contributed by atoms with Crippen molar-refractivity contribution < 1.29 is 13.9 Å². The smallest absolute Gasteiger partial charge is 0.191 e. The third-order valence-corrected chi connectivity index (χ3v) is 5.81. The van der Waals surface area contributed by atoms with Gasteiger partial charge in [-0.15, -0.1) is 24.0 Å². The summed E-state index contributed by atoms with van der Waals surface area (Å²) in [4.78, 5) is 10.5. The van der Waals surface area contributed by atoms with Crippen LogP contribution in [0.4, 0.5) is 10.2 Å². The molecule has 4 rings (SSSR count). The van der Waals surface area contributed by atoms with Crippen molar-refractivity contribution in [1.29, 1.82) is 0 Å². The van der Waals surface area contributed by atoms with E-state index in [1.165, 1.54) is 6.07 Å². The van der Waals surface area contributed by atoms with Gasteiger partial charge in [0.25, 0.3) is 0 Å². The van der Waals surface area contributed by atoms with Gasteiger partial charge >= 0.3 is 0 Å². The fourth-order valence-corrected chi connectivity index (χ4v) is 3.94. The van der Waals surface area contributed by atoms with E-state index in [9.17, 15) is 4.39 Å². The summed E-state index contributed by atoms with van der Waals surface area (Å²) in [6, 6.07) is 9.35. The number of nitrogens with one attached hydrogen (secondary N) is 2. The van der Waals surface area contributed by atoms with Gasteiger partial charge in [0.1, 0.15) is 13.2 Å². The second-order valence-corrected chi connectivity index (χ2v) is 8.55. The SMILES string of the molecule is CN=C(NCC(C)(C)c1ccc2c(c1)OCCO2)NC1CCN(c2ncccc2F)C1.I. The molecule has 2 N–H and O–H groups in total. The molecule has 32 heavy (non-hydrogen) atoms. The van der Waals surface area contributed by atoms with Crippen LogP contribution in [0.2, 0.25) is 0 Å². The highest BCUT2D eigenvalue weighted by Gasteiger charge is 2.27. The Bertz CT molecular complexity index is 956. The molecular formula is C23H31FIN5O2. The summed E-state index contributed by atoms with van der Waals surface area (Å²) >= 11 is 0. The Morgan fingerprint density at radius 1 is 1.25 bits per heavy atom. The fraction of sp³-hybridized carbons (Fsp3) is 0.478. The zero-order valence-electron chi connectivity index (χ0n) is 18.7.